The Morgan fingerprint density at radius 3 is 2.67 bits per heavy atom. The molecular weight excluding hydrogens is 566 g/mol. The van der Waals surface area contributed by atoms with Crippen molar-refractivity contribution in [2.75, 3.05) is 41.0 Å². The molecule has 1 aliphatic carbocycles. The first-order valence-electron chi connectivity index (χ1n) is 14.4. The lowest BCUT2D eigenvalue weighted by Gasteiger charge is -2.48. The van der Waals surface area contributed by atoms with Crippen LogP contribution in [0.4, 0.5) is 34.5 Å². The number of rotatable bonds is 10. The highest BCUT2D eigenvalue weighted by molar-refractivity contribution is 6.33. The molecule has 43 heavy (non-hydrogen) atoms. The summed E-state index contributed by atoms with van der Waals surface area (Å²) in [5, 5.41) is 29.3. The number of nitrogens with zero attached hydrogens (tertiary/aromatic N) is 4. The number of halogens is 1. The van der Waals surface area contributed by atoms with Gasteiger partial charge in [0.25, 0.3) is 5.91 Å². The maximum Gasteiger partial charge on any atom is 0.251 e. The van der Waals surface area contributed by atoms with Crippen molar-refractivity contribution in [3.05, 3.63) is 65.3 Å². The monoisotopic (exact) mass is 601 g/mol. The SMILES string of the molecule is C=C(C(=O)Nc1cc(OC)ccc1Nc1nc(Nc2ccc(N3CCC(O)C3)cc2C#N)ncc1Cl)C1(C)CCC1CC. The molecule has 3 unspecified atom stereocenters. The number of β-amino-alcohol motifs (C(OH)–C–C–N with tert-alkyl or cyclic N) is 1. The zero-order chi connectivity index (χ0) is 30.7. The van der Waals surface area contributed by atoms with E-state index in [0.717, 1.165) is 31.5 Å². The van der Waals surface area contributed by atoms with E-state index >= 15 is 0 Å². The van der Waals surface area contributed by atoms with Crippen LogP contribution < -0.4 is 25.6 Å². The largest absolute Gasteiger partial charge is 0.497 e. The van der Waals surface area contributed by atoms with Crippen LogP contribution in [0.3, 0.4) is 0 Å². The van der Waals surface area contributed by atoms with Crippen molar-refractivity contribution in [2.24, 2.45) is 11.3 Å². The van der Waals surface area contributed by atoms with Gasteiger partial charge in [-0.25, -0.2) is 4.98 Å². The number of carbonyl (C=O) groups is 1. The highest BCUT2D eigenvalue weighted by Crippen LogP contribution is 2.53. The van der Waals surface area contributed by atoms with Crippen molar-refractivity contribution < 1.29 is 14.6 Å². The molecule has 1 saturated carbocycles. The third-order valence-electron chi connectivity index (χ3n) is 8.74. The average molecular weight is 602 g/mol. The summed E-state index contributed by atoms with van der Waals surface area (Å²) in [6.45, 7) is 9.67. The number of amides is 1. The van der Waals surface area contributed by atoms with Gasteiger partial charge < -0.3 is 30.7 Å². The number of nitriles is 1. The predicted molar refractivity (Wildman–Crippen MR) is 169 cm³/mol. The van der Waals surface area contributed by atoms with Crippen LogP contribution in [0.25, 0.3) is 0 Å². The molecule has 3 aromatic rings. The van der Waals surface area contributed by atoms with Gasteiger partial charge in [-0.2, -0.15) is 10.2 Å². The summed E-state index contributed by atoms with van der Waals surface area (Å²) in [6, 6.07) is 12.9. The van der Waals surface area contributed by atoms with E-state index in [1.54, 1.807) is 37.4 Å². The Labute approximate surface area is 256 Å². The van der Waals surface area contributed by atoms with Crippen LogP contribution in [0.15, 0.2) is 54.7 Å². The smallest absolute Gasteiger partial charge is 0.251 e. The molecular formula is C32H36ClN7O3. The van der Waals surface area contributed by atoms with Crippen LogP contribution in [0.2, 0.25) is 5.02 Å². The van der Waals surface area contributed by atoms with Crippen LogP contribution in [0.5, 0.6) is 5.75 Å². The molecule has 224 valence electrons. The second-order valence-electron chi connectivity index (χ2n) is 11.3. The quantitative estimate of drug-likeness (QED) is 0.195. The molecule has 0 bridgehead atoms. The third kappa shape index (κ3) is 6.24. The van der Waals surface area contributed by atoms with Gasteiger partial charge in [0.2, 0.25) is 5.95 Å². The molecule has 1 aromatic heterocycles. The molecule has 5 rings (SSSR count). The molecule has 1 saturated heterocycles. The van der Waals surface area contributed by atoms with E-state index in [1.165, 1.54) is 6.20 Å². The molecule has 2 aliphatic rings. The molecule has 2 heterocycles. The van der Waals surface area contributed by atoms with Crippen LogP contribution in [-0.4, -0.2) is 47.3 Å². The van der Waals surface area contributed by atoms with Gasteiger partial charge in [-0.1, -0.05) is 38.4 Å². The van der Waals surface area contributed by atoms with E-state index in [-0.39, 0.29) is 28.4 Å². The minimum Gasteiger partial charge on any atom is -0.497 e. The van der Waals surface area contributed by atoms with Gasteiger partial charge in [-0.05, 0) is 55.5 Å². The lowest BCUT2D eigenvalue weighted by atomic mass is 9.57. The number of nitrogens with one attached hydrogen (secondary N) is 3. The maximum atomic E-state index is 13.3. The summed E-state index contributed by atoms with van der Waals surface area (Å²) in [7, 11) is 1.56. The van der Waals surface area contributed by atoms with Gasteiger partial charge in [0.1, 0.15) is 16.8 Å². The number of hydrogen-bond donors (Lipinski definition) is 4. The highest BCUT2D eigenvalue weighted by Gasteiger charge is 2.45. The molecule has 0 radical (unpaired) electrons. The Balaban J connectivity index is 1.36. The fourth-order valence-corrected chi connectivity index (χ4v) is 5.96. The van der Waals surface area contributed by atoms with E-state index in [2.05, 4.69) is 52.4 Å². The molecule has 4 N–H and O–H groups in total. The zero-order valence-electron chi connectivity index (χ0n) is 24.6. The second kappa shape index (κ2) is 12.5. The van der Waals surface area contributed by atoms with Crippen LogP contribution >= 0.6 is 11.6 Å². The number of aliphatic hydroxyl groups excluding tert-OH is 1. The third-order valence-corrected chi connectivity index (χ3v) is 9.02. The number of methoxy groups -OCH3 is 1. The lowest BCUT2D eigenvalue weighted by molar-refractivity contribution is -0.115. The lowest BCUT2D eigenvalue weighted by Crippen LogP contribution is -2.42. The maximum absolute atomic E-state index is 13.3. The Kier molecular flexibility index (Phi) is 8.76. The summed E-state index contributed by atoms with van der Waals surface area (Å²) >= 11 is 6.48. The first-order valence-corrected chi connectivity index (χ1v) is 14.8. The fraction of sp³-hybridized carbons (Fsp3) is 0.375. The average Bonchev–Trinajstić information content (AvgIpc) is 3.44. The van der Waals surface area contributed by atoms with Gasteiger partial charge in [0.15, 0.2) is 5.82 Å². The first-order chi connectivity index (χ1) is 20.6. The summed E-state index contributed by atoms with van der Waals surface area (Å²) < 4.78 is 5.41. The van der Waals surface area contributed by atoms with Crippen molar-refractivity contribution in [1.29, 1.82) is 5.26 Å². The first kappa shape index (κ1) is 30.1. The summed E-state index contributed by atoms with van der Waals surface area (Å²) in [6.07, 6.45) is 4.82. The minimum absolute atomic E-state index is 0.224. The van der Waals surface area contributed by atoms with E-state index in [0.29, 0.717) is 58.6 Å². The number of aromatic nitrogens is 2. The number of aliphatic hydroxyl groups is 1. The molecule has 3 atom stereocenters. The highest BCUT2D eigenvalue weighted by atomic mass is 35.5. The second-order valence-corrected chi connectivity index (χ2v) is 11.7. The molecule has 2 aromatic carbocycles. The van der Waals surface area contributed by atoms with E-state index in [1.807, 2.05) is 11.0 Å². The normalized spacial score (nSPS) is 21.0. The fourth-order valence-electron chi connectivity index (χ4n) is 5.82. The minimum atomic E-state index is -0.366. The standard InChI is InChI=1S/C32H36ClN7O3/c1-5-21-10-12-32(21,3)19(2)30(42)37-28-15-24(43-4)7-9-27(28)36-29-25(33)17-35-31(39-29)38-26-8-6-22(14-20(26)16-34)40-13-11-23(41)18-40/h6-9,14-15,17,21,23,41H,2,5,10-13,18H2,1,3-4H3,(H,37,42)(H2,35,36,38,39). The van der Waals surface area contributed by atoms with Crippen molar-refractivity contribution >= 4 is 52.0 Å². The van der Waals surface area contributed by atoms with E-state index < -0.39 is 0 Å². The van der Waals surface area contributed by atoms with Crippen LogP contribution in [0, 0.1) is 22.7 Å². The van der Waals surface area contributed by atoms with Crippen molar-refractivity contribution in [3.8, 4) is 11.8 Å². The van der Waals surface area contributed by atoms with Gasteiger partial charge in [0.05, 0.1) is 42.0 Å². The van der Waals surface area contributed by atoms with Crippen LogP contribution in [-0.2, 0) is 4.79 Å². The molecule has 10 nitrogen and oxygen atoms in total. The zero-order valence-corrected chi connectivity index (χ0v) is 25.3. The van der Waals surface area contributed by atoms with Crippen molar-refractivity contribution in [2.45, 2.75) is 45.6 Å². The van der Waals surface area contributed by atoms with Gasteiger partial charge in [0, 0.05) is 35.8 Å². The number of benzene rings is 2. The molecule has 1 aliphatic heterocycles. The molecule has 11 heteroatoms. The van der Waals surface area contributed by atoms with Gasteiger partial charge >= 0.3 is 0 Å². The number of ether oxygens (including phenoxy) is 1. The number of carbonyl (C=O) groups excluding carboxylic acids is 1. The molecule has 1 amide bonds. The Morgan fingerprint density at radius 2 is 2.02 bits per heavy atom. The Bertz CT molecular complexity index is 1590. The van der Waals surface area contributed by atoms with Crippen molar-refractivity contribution in [1.82, 2.24) is 9.97 Å². The van der Waals surface area contributed by atoms with Gasteiger partial charge in [-0.3, -0.25) is 4.79 Å². The van der Waals surface area contributed by atoms with E-state index in [9.17, 15) is 15.2 Å². The number of anilines is 6. The number of hydrogen-bond acceptors (Lipinski definition) is 9. The van der Waals surface area contributed by atoms with E-state index in [4.69, 9.17) is 16.3 Å². The van der Waals surface area contributed by atoms with Crippen molar-refractivity contribution in [3.63, 3.8) is 0 Å². The summed E-state index contributed by atoms with van der Waals surface area (Å²) in [4.78, 5) is 24.2. The summed E-state index contributed by atoms with van der Waals surface area (Å²) in [5.74, 6) is 1.29. The summed E-state index contributed by atoms with van der Waals surface area (Å²) in [5.41, 5.74) is 3.19. The predicted octanol–water partition coefficient (Wildman–Crippen LogP) is 6.39. The Morgan fingerprint density at radius 1 is 1.23 bits per heavy atom. The van der Waals surface area contributed by atoms with Crippen LogP contribution in [0.1, 0.15) is 45.1 Å². The Hall–Kier alpha value is -4.33. The topological polar surface area (TPSA) is 135 Å². The van der Waals surface area contributed by atoms with Gasteiger partial charge in [-0.15, -0.1) is 0 Å². The molecule has 2 fully saturated rings. The molecule has 0 spiro atoms.